The van der Waals surface area contributed by atoms with Crippen LogP contribution in [0.15, 0.2) is 53.9 Å². The number of benzene rings is 1. The van der Waals surface area contributed by atoms with Gasteiger partial charge in [-0.3, -0.25) is 14.3 Å². The topological polar surface area (TPSA) is 81.9 Å². The average molecular weight is 440 g/mol. The smallest absolute Gasteiger partial charge is 0.237 e. The number of hydrogen-bond acceptors (Lipinski definition) is 6. The number of nitrogens with zero attached hydrogens (tertiary/aromatic N) is 4. The summed E-state index contributed by atoms with van der Waals surface area (Å²) in [4.78, 5) is 17.0. The van der Waals surface area contributed by atoms with Crippen molar-refractivity contribution in [3.63, 3.8) is 0 Å². The highest BCUT2D eigenvalue weighted by molar-refractivity contribution is 8.00. The second-order valence-electron chi connectivity index (χ2n) is 7.33. The van der Waals surface area contributed by atoms with Gasteiger partial charge in [-0.15, -0.1) is 10.2 Å². The highest BCUT2D eigenvalue weighted by Gasteiger charge is 2.22. The maximum absolute atomic E-state index is 13.0. The van der Waals surface area contributed by atoms with Crippen LogP contribution in [0.5, 0.6) is 0 Å². The van der Waals surface area contributed by atoms with Crippen LogP contribution in [-0.2, 0) is 16.1 Å². The van der Waals surface area contributed by atoms with Crippen LogP contribution in [0.1, 0.15) is 38.7 Å². The average Bonchev–Trinajstić information content (AvgIpc) is 3.20. The van der Waals surface area contributed by atoms with E-state index in [4.69, 9.17) is 4.74 Å². The third-order valence-electron chi connectivity index (χ3n) is 5.19. The fourth-order valence-corrected chi connectivity index (χ4v) is 4.06. The molecule has 2 heterocycles. The molecule has 31 heavy (non-hydrogen) atoms. The van der Waals surface area contributed by atoms with E-state index in [-0.39, 0.29) is 11.2 Å². The van der Waals surface area contributed by atoms with E-state index in [1.807, 2.05) is 41.8 Å². The number of para-hydroxylation sites is 1. The number of rotatable bonds is 10. The Balaban J connectivity index is 1.78. The van der Waals surface area contributed by atoms with Crippen molar-refractivity contribution in [1.82, 2.24) is 19.7 Å². The monoisotopic (exact) mass is 439 g/mol. The Morgan fingerprint density at radius 3 is 2.61 bits per heavy atom. The molecule has 0 fully saturated rings. The number of thioether (sulfide) groups is 1. The molecule has 0 aliphatic carbocycles. The summed E-state index contributed by atoms with van der Waals surface area (Å²) in [6.07, 6.45) is 4.46. The predicted octanol–water partition coefficient (Wildman–Crippen LogP) is 4.62. The van der Waals surface area contributed by atoms with E-state index in [0.717, 1.165) is 29.1 Å². The summed E-state index contributed by atoms with van der Waals surface area (Å²) in [7, 11) is 1.66. The maximum Gasteiger partial charge on any atom is 0.237 e. The highest BCUT2D eigenvalue weighted by Crippen LogP contribution is 2.29. The molecule has 1 amide bonds. The van der Waals surface area contributed by atoms with Crippen molar-refractivity contribution in [2.24, 2.45) is 0 Å². The van der Waals surface area contributed by atoms with Gasteiger partial charge in [-0.25, -0.2) is 0 Å². The molecule has 2 atom stereocenters. The number of nitrogens with one attached hydrogen (secondary N) is 1. The Bertz CT molecular complexity index is 993. The van der Waals surface area contributed by atoms with E-state index in [0.29, 0.717) is 24.2 Å². The lowest BCUT2D eigenvalue weighted by Gasteiger charge is -2.18. The first kappa shape index (κ1) is 23.0. The second kappa shape index (κ2) is 11.1. The van der Waals surface area contributed by atoms with E-state index in [2.05, 4.69) is 40.4 Å². The van der Waals surface area contributed by atoms with Crippen LogP contribution >= 0.6 is 11.8 Å². The van der Waals surface area contributed by atoms with Crippen molar-refractivity contribution in [2.75, 3.05) is 19.0 Å². The number of carbonyl (C=O) groups is 1. The third-order valence-corrected chi connectivity index (χ3v) is 6.27. The number of methoxy groups -OCH3 is 1. The van der Waals surface area contributed by atoms with E-state index < -0.39 is 0 Å². The van der Waals surface area contributed by atoms with Gasteiger partial charge in [-0.2, -0.15) is 0 Å². The van der Waals surface area contributed by atoms with Crippen molar-refractivity contribution in [3.05, 3.63) is 54.4 Å². The van der Waals surface area contributed by atoms with Gasteiger partial charge in [0.25, 0.3) is 0 Å². The number of anilines is 1. The minimum absolute atomic E-state index is 0.0625. The molecule has 2 aromatic heterocycles. The van der Waals surface area contributed by atoms with Gasteiger partial charge >= 0.3 is 0 Å². The van der Waals surface area contributed by atoms with Gasteiger partial charge in [0.15, 0.2) is 11.0 Å². The number of aromatic nitrogens is 4. The summed E-state index contributed by atoms with van der Waals surface area (Å²) in [5.74, 6) is 1.05. The molecule has 0 saturated carbocycles. The predicted molar refractivity (Wildman–Crippen MR) is 124 cm³/mol. The van der Waals surface area contributed by atoms with Gasteiger partial charge < -0.3 is 10.1 Å². The molecular weight excluding hydrogens is 410 g/mol. The molecule has 3 aromatic rings. The SMILES string of the molecule is CCC(C)c1ccccc1NC(=O)C(C)Sc1nnc(-c2ccncc2)n1CCOC. The number of ether oxygens (including phenoxy) is 1. The van der Waals surface area contributed by atoms with E-state index in [9.17, 15) is 4.79 Å². The maximum atomic E-state index is 13.0. The Kier molecular flexibility index (Phi) is 8.20. The second-order valence-corrected chi connectivity index (χ2v) is 8.64. The van der Waals surface area contributed by atoms with Crippen molar-refractivity contribution in [3.8, 4) is 11.4 Å². The first-order valence-corrected chi connectivity index (χ1v) is 11.3. The Hall–Kier alpha value is -2.71. The largest absolute Gasteiger partial charge is 0.383 e. The Morgan fingerprint density at radius 1 is 1.16 bits per heavy atom. The van der Waals surface area contributed by atoms with E-state index in [1.54, 1.807) is 19.5 Å². The van der Waals surface area contributed by atoms with Gasteiger partial charge in [-0.05, 0) is 43.0 Å². The fraction of sp³-hybridized carbons (Fsp3) is 0.391. The first-order chi connectivity index (χ1) is 15.0. The Labute approximate surface area is 187 Å². The minimum Gasteiger partial charge on any atom is -0.383 e. The number of amides is 1. The van der Waals surface area contributed by atoms with Crippen LogP contribution in [0, 0.1) is 0 Å². The quantitative estimate of drug-likeness (QED) is 0.464. The van der Waals surface area contributed by atoms with Gasteiger partial charge in [0, 0.05) is 30.8 Å². The molecule has 0 spiro atoms. The fourth-order valence-electron chi connectivity index (χ4n) is 3.18. The summed E-state index contributed by atoms with van der Waals surface area (Å²) in [5, 5.41) is 12.1. The molecule has 0 aliphatic rings. The first-order valence-electron chi connectivity index (χ1n) is 10.4. The summed E-state index contributed by atoms with van der Waals surface area (Å²) < 4.78 is 7.25. The number of pyridine rings is 1. The minimum atomic E-state index is -0.347. The van der Waals surface area contributed by atoms with Crippen molar-refractivity contribution in [1.29, 1.82) is 0 Å². The van der Waals surface area contributed by atoms with E-state index in [1.165, 1.54) is 11.8 Å². The zero-order valence-electron chi connectivity index (χ0n) is 18.4. The zero-order chi connectivity index (χ0) is 22.2. The lowest BCUT2D eigenvalue weighted by molar-refractivity contribution is -0.115. The summed E-state index contributed by atoms with van der Waals surface area (Å²) in [6.45, 7) is 7.31. The molecule has 7 nitrogen and oxygen atoms in total. The molecule has 3 rings (SSSR count). The highest BCUT2D eigenvalue weighted by atomic mass is 32.2. The normalized spacial score (nSPS) is 13.0. The van der Waals surface area contributed by atoms with Crippen LogP contribution < -0.4 is 5.32 Å². The lowest BCUT2D eigenvalue weighted by Crippen LogP contribution is -2.24. The molecule has 164 valence electrons. The molecule has 0 bridgehead atoms. The molecule has 1 aromatic carbocycles. The van der Waals surface area contributed by atoms with Crippen LogP contribution in [-0.4, -0.2) is 44.6 Å². The molecule has 0 aliphatic heterocycles. The summed E-state index contributed by atoms with van der Waals surface area (Å²) in [6, 6.07) is 11.8. The molecule has 0 saturated heterocycles. The Morgan fingerprint density at radius 2 is 1.90 bits per heavy atom. The van der Waals surface area contributed by atoms with E-state index >= 15 is 0 Å². The van der Waals surface area contributed by atoms with Crippen LogP contribution in [0.2, 0.25) is 0 Å². The molecule has 0 radical (unpaired) electrons. The molecule has 2 unspecified atom stereocenters. The number of hydrogen-bond donors (Lipinski definition) is 1. The van der Waals surface area contributed by atoms with Crippen molar-refractivity contribution < 1.29 is 9.53 Å². The molecule has 1 N–H and O–H groups in total. The summed E-state index contributed by atoms with van der Waals surface area (Å²) >= 11 is 1.39. The molecular formula is C23H29N5O2S. The standard InChI is InChI=1S/C23H29N5O2S/c1-5-16(2)19-8-6-7-9-20(19)25-22(29)17(3)31-23-27-26-21(28(23)14-15-30-4)18-10-12-24-13-11-18/h6-13,16-17H,5,14-15H2,1-4H3,(H,25,29). The van der Waals surface area contributed by atoms with Crippen molar-refractivity contribution in [2.45, 2.75) is 50.1 Å². The van der Waals surface area contributed by atoms with Crippen LogP contribution in [0.3, 0.4) is 0 Å². The van der Waals surface area contributed by atoms with Gasteiger partial charge in [-0.1, -0.05) is 43.8 Å². The van der Waals surface area contributed by atoms with Crippen LogP contribution in [0.25, 0.3) is 11.4 Å². The lowest BCUT2D eigenvalue weighted by atomic mass is 9.97. The third kappa shape index (κ3) is 5.71. The van der Waals surface area contributed by atoms with Crippen LogP contribution in [0.4, 0.5) is 5.69 Å². The zero-order valence-corrected chi connectivity index (χ0v) is 19.2. The van der Waals surface area contributed by atoms with Gasteiger partial charge in [0.2, 0.25) is 5.91 Å². The molecule has 8 heteroatoms. The number of carbonyl (C=O) groups excluding carboxylic acids is 1. The van der Waals surface area contributed by atoms with Gasteiger partial charge in [0.1, 0.15) is 0 Å². The van der Waals surface area contributed by atoms with Crippen molar-refractivity contribution >= 4 is 23.4 Å². The van der Waals surface area contributed by atoms with Gasteiger partial charge in [0.05, 0.1) is 18.4 Å². The summed E-state index contributed by atoms with van der Waals surface area (Å²) in [5.41, 5.74) is 2.94.